The zero-order chi connectivity index (χ0) is 14.5. The van der Waals surface area contributed by atoms with Crippen LogP contribution in [0.15, 0.2) is 16.5 Å². The molecule has 0 aliphatic heterocycles. The van der Waals surface area contributed by atoms with E-state index in [-0.39, 0.29) is 5.56 Å². The van der Waals surface area contributed by atoms with Crippen LogP contribution in [0.5, 0.6) is 0 Å². The van der Waals surface area contributed by atoms with E-state index in [0.29, 0.717) is 5.92 Å². The van der Waals surface area contributed by atoms with Gasteiger partial charge in [0, 0.05) is 6.54 Å². The number of aromatic nitrogens is 2. The van der Waals surface area contributed by atoms with E-state index < -0.39 is 0 Å². The van der Waals surface area contributed by atoms with Gasteiger partial charge in [0.15, 0.2) is 0 Å². The predicted octanol–water partition coefficient (Wildman–Crippen LogP) is 2.79. The van der Waals surface area contributed by atoms with Gasteiger partial charge in [-0.2, -0.15) is 0 Å². The number of hydrogen-bond donors (Lipinski definition) is 1. The van der Waals surface area contributed by atoms with Crippen LogP contribution in [0.3, 0.4) is 0 Å². The summed E-state index contributed by atoms with van der Waals surface area (Å²) in [7, 11) is 0. The van der Waals surface area contributed by atoms with E-state index in [1.807, 2.05) is 12.3 Å². The molecule has 5 heteroatoms. The Balaban J connectivity index is 1.87. The molecule has 0 aliphatic rings. The molecule has 4 nitrogen and oxygen atoms in total. The lowest BCUT2D eigenvalue weighted by Crippen LogP contribution is -2.22. The van der Waals surface area contributed by atoms with Crippen LogP contribution in [0.2, 0.25) is 0 Å². The molecule has 0 saturated heterocycles. The van der Waals surface area contributed by atoms with Crippen molar-refractivity contribution in [2.75, 3.05) is 13.1 Å². The molecule has 0 amide bonds. The number of fused-ring (bicyclic) bond motifs is 1. The SMILES string of the molecule is Cc1csc2c(=O)n(CCCCNCC(C)C)cnc12. The first-order chi connectivity index (χ1) is 9.59. The quantitative estimate of drug-likeness (QED) is 0.799. The van der Waals surface area contributed by atoms with Crippen molar-refractivity contribution in [3.63, 3.8) is 0 Å². The minimum atomic E-state index is 0.100. The maximum atomic E-state index is 12.3. The summed E-state index contributed by atoms with van der Waals surface area (Å²) in [5.74, 6) is 0.686. The van der Waals surface area contributed by atoms with Crippen LogP contribution in [-0.4, -0.2) is 22.6 Å². The van der Waals surface area contributed by atoms with E-state index in [2.05, 4.69) is 24.1 Å². The standard InChI is InChI=1S/C15H23N3OS/c1-11(2)8-16-6-4-5-7-18-10-17-13-12(3)9-20-14(13)15(18)19/h9-11,16H,4-8H2,1-3H3. The average molecular weight is 293 g/mol. The molecular formula is C15H23N3OS. The van der Waals surface area contributed by atoms with Crippen molar-refractivity contribution >= 4 is 21.6 Å². The predicted molar refractivity (Wildman–Crippen MR) is 85.6 cm³/mol. The van der Waals surface area contributed by atoms with Crippen LogP contribution in [0.4, 0.5) is 0 Å². The minimum Gasteiger partial charge on any atom is -0.316 e. The summed E-state index contributed by atoms with van der Waals surface area (Å²) in [6.07, 6.45) is 3.77. The van der Waals surface area contributed by atoms with Gasteiger partial charge in [-0.05, 0) is 49.7 Å². The Bertz CT molecular complexity index is 615. The molecule has 2 aromatic heterocycles. The van der Waals surface area contributed by atoms with Gasteiger partial charge in [-0.1, -0.05) is 13.8 Å². The van der Waals surface area contributed by atoms with Crippen LogP contribution < -0.4 is 10.9 Å². The highest BCUT2D eigenvalue weighted by Crippen LogP contribution is 2.19. The molecule has 20 heavy (non-hydrogen) atoms. The average Bonchev–Trinajstić information content (AvgIpc) is 2.78. The van der Waals surface area contributed by atoms with Gasteiger partial charge >= 0.3 is 0 Å². The number of aryl methyl sites for hydroxylation is 2. The molecule has 0 unspecified atom stereocenters. The summed E-state index contributed by atoms with van der Waals surface area (Å²) < 4.78 is 2.52. The summed E-state index contributed by atoms with van der Waals surface area (Å²) in [5.41, 5.74) is 2.05. The van der Waals surface area contributed by atoms with Gasteiger partial charge in [-0.25, -0.2) is 4.98 Å². The lowest BCUT2D eigenvalue weighted by molar-refractivity contribution is 0.515. The van der Waals surface area contributed by atoms with Gasteiger partial charge in [-0.3, -0.25) is 9.36 Å². The Hall–Kier alpha value is -1.20. The molecule has 2 rings (SSSR count). The molecule has 2 heterocycles. The first-order valence-electron chi connectivity index (χ1n) is 7.23. The van der Waals surface area contributed by atoms with Gasteiger partial charge in [0.2, 0.25) is 0 Å². The number of nitrogens with one attached hydrogen (secondary N) is 1. The third-order valence-corrected chi connectivity index (χ3v) is 4.35. The maximum absolute atomic E-state index is 12.3. The third kappa shape index (κ3) is 3.67. The normalized spacial score (nSPS) is 11.6. The summed E-state index contributed by atoms with van der Waals surface area (Å²) >= 11 is 1.50. The Morgan fingerprint density at radius 3 is 2.95 bits per heavy atom. The van der Waals surface area contributed by atoms with E-state index in [4.69, 9.17) is 0 Å². The van der Waals surface area contributed by atoms with Crippen molar-refractivity contribution in [1.29, 1.82) is 0 Å². The van der Waals surface area contributed by atoms with Crippen molar-refractivity contribution in [3.8, 4) is 0 Å². The largest absolute Gasteiger partial charge is 0.316 e. The highest BCUT2D eigenvalue weighted by atomic mass is 32.1. The zero-order valence-corrected chi connectivity index (χ0v) is 13.3. The Labute approximate surface area is 123 Å². The second-order valence-electron chi connectivity index (χ2n) is 5.64. The van der Waals surface area contributed by atoms with Gasteiger partial charge in [0.1, 0.15) is 4.70 Å². The van der Waals surface area contributed by atoms with Crippen LogP contribution in [-0.2, 0) is 6.54 Å². The molecule has 0 spiro atoms. The molecule has 0 aliphatic carbocycles. The molecule has 2 aromatic rings. The summed E-state index contributed by atoms with van der Waals surface area (Å²) in [5, 5.41) is 5.42. The Kier molecular flexibility index (Phi) is 5.31. The van der Waals surface area contributed by atoms with Crippen molar-refractivity contribution in [2.45, 2.75) is 40.2 Å². The van der Waals surface area contributed by atoms with Gasteiger partial charge in [0.05, 0.1) is 11.8 Å². The van der Waals surface area contributed by atoms with Crippen LogP contribution in [0, 0.1) is 12.8 Å². The van der Waals surface area contributed by atoms with Gasteiger partial charge in [0.25, 0.3) is 5.56 Å². The highest BCUT2D eigenvalue weighted by Gasteiger charge is 2.07. The first-order valence-corrected chi connectivity index (χ1v) is 8.11. The van der Waals surface area contributed by atoms with E-state index >= 15 is 0 Å². The molecular weight excluding hydrogens is 270 g/mol. The Morgan fingerprint density at radius 2 is 2.20 bits per heavy atom. The van der Waals surface area contributed by atoms with Crippen molar-refractivity contribution in [3.05, 3.63) is 27.6 Å². The van der Waals surface area contributed by atoms with Gasteiger partial charge < -0.3 is 5.32 Å². The van der Waals surface area contributed by atoms with E-state index in [1.54, 1.807) is 10.9 Å². The smallest absolute Gasteiger partial charge is 0.271 e. The molecule has 0 radical (unpaired) electrons. The summed E-state index contributed by atoms with van der Waals surface area (Å²) in [4.78, 5) is 16.7. The van der Waals surface area contributed by atoms with Crippen LogP contribution in [0.25, 0.3) is 10.2 Å². The molecule has 0 saturated carbocycles. The fraction of sp³-hybridized carbons (Fsp3) is 0.600. The summed E-state index contributed by atoms with van der Waals surface area (Å²) in [6, 6.07) is 0. The number of rotatable bonds is 7. The molecule has 0 bridgehead atoms. The Morgan fingerprint density at radius 1 is 1.40 bits per heavy atom. The van der Waals surface area contributed by atoms with E-state index in [1.165, 1.54) is 11.3 Å². The minimum absolute atomic E-state index is 0.100. The lowest BCUT2D eigenvalue weighted by Gasteiger charge is -2.08. The topological polar surface area (TPSA) is 46.9 Å². The molecule has 0 fully saturated rings. The van der Waals surface area contributed by atoms with Crippen molar-refractivity contribution < 1.29 is 0 Å². The molecule has 0 atom stereocenters. The number of unbranched alkanes of at least 4 members (excludes halogenated alkanes) is 1. The first kappa shape index (κ1) is 15.2. The van der Waals surface area contributed by atoms with E-state index in [9.17, 15) is 4.79 Å². The second-order valence-corrected chi connectivity index (χ2v) is 6.52. The summed E-state index contributed by atoms with van der Waals surface area (Å²) in [6.45, 7) is 9.23. The third-order valence-electron chi connectivity index (χ3n) is 3.28. The number of nitrogens with zero attached hydrogens (tertiary/aromatic N) is 2. The zero-order valence-electron chi connectivity index (χ0n) is 12.5. The maximum Gasteiger partial charge on any atom is 0.271 e. The van der Waals surface area contributed by atoms with Crippen LogP contribution >= 0.6 is 11.3 Å². The van der Waals surface area contributed by atoms with Crippen molar-refractivity contribution in [2.24, 2.45) is 5.92 Å². The van der Waals surface area contributed by atoms with E-state index in [0.717, 1.165) is 48.3 Å². The highest BCUT2D eigenvalue weighted by molar-refractivity contribution is 7.17. The lowest BCUT2D eigenvalue weighted by atomic mass is 10.2. The van der Waals surface area contributed by atoms with Crippen molar-refractivity contribution in [1.82, 2.24) is 14.9 Å². The fourth-order valence-corrected chi connectivity index (χ4v) is 3.09. The number of hydrogen-bond acceptors (Lipinski definition) is 4. The number of thiophene rings is 1. The monoisotopic (exact) mass is 293 g/mol. The fourth-order valence-electron chi connectivity index (χ4n) is 2.14. The molecule has 110 valence electrons. The molecule has 0 aromatic carbocycles. The molecule has 1 N–H and O–H groups in total. The van der Waals surface area contributed by atoms with Gasteiger partial charge in [-0.15, -0.1) is 11.3 Å². The van der Waals surface area contributed by atoms with Crippen LogP contribution in [0.1, 0.15) is 32.3 Å². The second kappa shape index (κ2) is 6.99.